The van der Waals surface area contributed by atoms with Gasteiger partial charge in [0, 0.05) is 27.4 Å². The summed E-state index contributed by atoms with van der Waals surface area (Å²) in [6.45, 7) is 20.4. The Morgan fingerprint density at radius 1 is 0.621 bits per heavy atom. The van der Waals surface area contributed by atoms with Crippen LogP contribution in [0, 0.1) is 0 Å². The standard InChI is InChI=1S/C20H48O6Si3/c1-19(21-3)17-23-13-11-15-27(5,6)25-29(9,10)26-28(7,8)16-12-14-24-18-20(2)22-4/h19-20H,11-18H2,1-10H3. The van der Waals surface area contributed by atoms with Crippen LogP contribution in [0.15, 0.2) is 0 Å². The fraction of sp³-hybridized carbons (Fsp3) is 1.00. The molecular formula is C20H48O6Si3. The molecule has 0 radical (unpaired) electrons. The van der Waals surface area contributed by atoms with Gasteiger partial charge in [-0.2, -0.15) is 0 Å². The molecule has 0 amide bonds. The van der Waals surface area contributed by atoms with Crippen LogP contribution in [-0.4, -0.2) is 78.1 Å². The summed E-state index contributed by atoms with van der Waals surface area (Å²) < 4.78 is 35.1. The number of hydrogen-bond acceptors (Lipinski definition) is 6. The van der Waals surface area contributed by atoms with Gasteiger partial charge in [-0.05, 0) is 78.1 Å². The molecular weight excluding hydrogens is 420 g/mol. The molecule has 0 aromatic carbocycles. The van der Waals surface area contributed by atoms with Crippen molar-refractivity contribution >= 4 is 25.2 Å². The first-order valence-electron chi connectivity index (χ1n) is 10.9. The number of rotatable bonds is 18. The molecule has 2 unspecified atom stereocenters. The van der Waals surface area contributed by atoms with Gasteiger partial charge < -0.3 is 27.2 Å². The summed E-state index contributed by atoms with van der Waals surface area (Å²) in [5, 5.41) is 0. The van der Waals surface area contributed by atoms with Crippen molar-refractivity contribution in [3.05, 3.63) is 0 Å². The Labute approximate surface area is 183 Å². The molecule has 0 saturated heterocycles. The first-order valence-corrected chi connectivity index (χ1v) is 20.0. The van der Waals surface area contributed by atoms with Crippen molar-refractivity contribution in [2.45, 2.75) is 90.3 Å². The topological polar surface area (TPSA) is 55.4 Å². The quantitative estimate of drug-likeness (QED) is 0.208. The van der Waals surface area contributed by atoms with Gasteiger partial charge in [0.05, 0.1) is 25.4 Å². The Morgan fingerprint density at radius 2 is 0.966 bits per heavy atom. The van der Waals surface area contributed by atoms with E-state index < -0.39 is 25.2 Å². The minimum Gasteiger partial charge on any atom is -0.437 e. The Morgan fingerprint density at radius 3 is 1.28 bits per heavy atom. The number of methoxy groups -OCH3 is 2. The van der Waals surface area contributed by atoms with Crippen molar-refractivity contribution in [3.63, 3.8) is 0 Å². The molecule has 9 heteroatoms. The third kappa shape index (κ3) is 16.7. The van der Waals surface area contributed by atoms with Crippen molar-refractivity contribution in [2.24, 2.45) is 0 Å². The van der Waals surface area contributed by atoms with Crippen molar-refractivity contribution in [2.75, 3.05) is 40.6 Å². The smallest absolute Gasteiger partial charge is 0.311 e. The van der Waals surface area contributed by atoms with E-state index in [4.69, 9.17) is 27.2 Å². The number of hydrogen-bond donors (Lipinski definition) is 0. The highest BCUT2D eigenvalue weighted by atomic mass is 28.5. The zero-order chi connectivity index (χ0) is 22.6. The van der Waals surface area contributed by atoms with E-state index in [1.54, 1.807) is 14.2 Å². The van der Waals surface area contributed by atoms with E-state index in [2.05, 4.69) is 39.3 Å². The lowest BCUT2D eigenvalue weighted by Crippen LogP contribution is -2.52. The minimum atomic E-state index is -2.16. The van der Waals surface area contributed by atoms with Gasteiger partial charge in [0.15, 0.2) is 16.6 Å². The number of ether oxygens (including phenoxy) is 4. The lowest BCUT2D eigenvalue weighted by Gasteiger charge is -2.38. The highest BCUT2D eigenvalue weighted by Gasteiger charge is 2.39. The van der Waals surface area contributed by atoms with Gasteiger partial charge in [0.1, 0.15) is 0 Å². The van der Waals surface area contributed by atoms with E-state index in [-0.39, 0.29) is 12.2 Å². The highest BCUT2D eigenvalue weighted by Crippen LogP contribution is 2.26. The van der Waals surface area contributed by atoms with Crippen LogP contribution in [0.4, 0.5) is 0 Å². The van der Waals surface area contributed by atoms with Crippen molar-refractivity contribution in [3.8, 4) is 0 Å². The zero-order valence-electron chi connectivity index (χ0n) is 20.8. The fourth-order valence-corrected chi connectivity index (χ4v) is 17.3. The molecule has 0 aliphatic rings. The van der Waals surface area contributed by atoms with E-state index in [1.807, 2.05) is 13.8 Å². The molecule has 0 bridgehead atoms. The summed E-state index contributed by atoms with van der Waals surface area (Å²) in [6, 6.07) is 2.17. The fourth-order valence-electron chi connectivity index (χ4n) is 3.29. The molecule has 0 fully saturated rings. The molecule has 0 N–H and O–H groups in total. The maximum Gasteiger partial charge on any atom is 0.311 e. The van der Waals surface area contributed by atoms with Crippen LogP contribution in [0.1, 0.15) is 26.7 Å². The van der Waals surface area contributed by atoms with Gasteiger partial charge in [-0.15, -0.1) is 0 Å². The van der Waals surface area contributed by atoms with E-state index >= 15 is 0 Å². The third-order valence-corrected chi connectivity index (χ3v) is 16.2. The second-order valence-electron chi connectivity index (χ2n) is 9.57. The third-order valence-electron chi connectivity index (χ3n) is 4.69. The van der Waals surface area contributed by atoms with Crippen molar-refractivity contribution < 1.29 is 27.2 Å². The molecule has 0 rings (SSSR count). The average Bonchev–Trinajstić information content (AvgIpc) is 2.58. The zero-order valence-corrected chi connectivity index (χ0v) is 23.8. The summed E-state index contributed by atoms with van der Waals surface area (Å²) in [4.78, 5) is 0. The first kappa shape index (κ1) is 29.4. The molecule has 0 aliphatic carbocycles. The van der Waals surface area contributed by atoms with Crippen LogP contribution in [0.2, 0.25) is 51.4 Å². The van der Waals surface area contributed by atoms with Gasteiger partial charge in [0.25, 0.3) is 0 Å². The van der Waals surface area contributed by atoms with Crippen LogP contribution in [-0.2, 0) is 27.2 Å². The molecule has 0 aliphatic heterocycles. The Kier molecular flexibility index (Phi) is 14.7. The molecule has 0 heterocycles. The van der Waals surface area contributed by atoms with Crippen molar-refractivity contribution in [1.29, 1.82) is 0 Å². The SMILES string of the molecule is COC(C)COCCC[Si](C)(C)O[Si](C)(C)O[Si](C)(C)CCCOCC(C)OC. The Hall–Kier alpha value is 0.411. The molecule has 29 heavy (non-hydrogen) atoms. The molecule has 0 aromatic heterocycles. The predicted molar refractivity (Wildman–Crippen MR) is 128 cm³/mol. The van der Waals surface area contributed by atoms with Crippen LogP contribution in [0.25, 0.3) is 0 Å². The molecule has 0 saturated carbocycles. The Bertz CT molecular complexity index is 385. The van der Waals surface area contributed by atoms with E-state index in [0.717, 1.165) is 38.1 Å². The average molecular weight is 469 g/mol. The molecule has 176 valence electrons. The van der Waals surface area contributed by atoms with E-state index in [9.17, 15) is 0 Å². The van der Waals surface area contributed by atoms with Gasteiger partial charge in [-0.3, -0.25) is 0 Å². The summed E-state index contributed by atoms with van der Waals surface area (Å²) in [7, 11) is -2.28. The normalized spacial score (nSPS) is 15.5. The molecule has 2 atom stereocenters. The van der Waals surface area contributed by atoms with E-state index in [1.165, 1.54) is 0 Å². The molecule has 6 nitrogen and oxygen atoms in total. The van der Waals surface area contributed by atoms with Crippen LogP contribution in [0.5, 0.6) is 0 Å². The highest BCUT2D eigenvalue weighted by molar-refractivity contribution is 6.87. The van der Waals surface area contributed by atoms with Crippen LogP contribution in [0.3, 0.4) is 0 Å². The summed E-state index contributed by atoms with van der Waals surface area (Å²) in [6.07, 6.45) is 2.35. The van der Waals surface area contributed by atoms with Gasteiger partial charge in [0.2, 0.25) is 0 Å². The summed E-state index contributed by atoms with van der Waals surface area (Å²) >= 11 is 0. The summed E-state index contributed by atoms with van der Waals surface area (Å²) in [5.74, 6) is 0. The first-order chi connectivity index (χ1) is 13.3. The summed E-state index contributed by atoms with van der Waals surface area (Å²) in [5.41, 5.74) is 0. The van der Waals surface area contributed by atoms with Gasteiger partial charge >= 0.3 is 8.56 Å². The predicted octanol–water partition coefficient (Wildman–Crippen LogP) is 5.01. The lowest BCUT2D eigenvalue weighted by molar-refractivity contribution is 0.0186. The molecule has 0 aromatic rings. The maximum atomic E-state index is 6.65. The Balaban J connectivity index is 4.23. The van der Waals surface area contributed by atoms with Gasteiger partial charge in [-0.1, -0.05) is 0 Å². The second kappa shape index (κ2) is 14.5. The molecule has 0 spiro atoms. The van der Waals surface area contributed by atoms with E-state index in [0.29, 0.717) is 13.2 Å². The van der Waals surface area contributed by atoms with Crippen molar-refractivity contribution in [1.82, 2.24) is 0 Å². The minimum absolute atomic E-state index is 0.150. The lowest BCUT2D eigenvalue weighted by atomic mass is 10.4. The van der Waals surface area contributed by atoms with Crippen LogP contribution >= 0.6 is 0 Å². The second-order valence-corrected chi connectivity index (χ2v) is 22.0. The largest absolute Gasteiger partial charge is 0.437 e. The maximum absolute atomic E-state index is 6.65. The monoisotopic (exact) mass is 468 g/mol. The van der Waals surface area contributed by atoms with Gasteiger partial charge in [-0.25, -0.2) is 0 Å². The van der Waals surface area contributed by atoms with Crippen LogP contribution < -0.4 is 0 Å².